The van der Waals surface area contributed by atoms with Crippen molar-refractivity contribution in [2.24, 2.45) is 5.92 Å². The molecule has 1 heterocycles. The highest BCUT2D eigenvalue weighted by molar-refractivity contribution is 5.79. The van der Waals surface area contributed by atoms with Gasteiger partial charge in [0.25, 0.3) is 0 Å². The van der Waals surface area contributed by atoms with Crippen LogP contribution in [0, 0.1) is 5.92 Å². The molecule has 3 atom stereocenters. The van der Waals surface area contributed by atoms with Crippen molar-refractivity contribution < 1.29 is 9.59 Å². The van der Waals surface area contributed by atoms with Crippen LogP contribution in [0.15, 0.2) is 0 Å². The number of piperazine rings is 1. The first-order chi connectivity index (χ1) is 12.0. The molecule has 25 heavy (non-hydrogen) atoms. The van der Waals surface area contributed by atoms with Gasteiger partial charge in [-0.2, -0.15) is 0 Å². The summed E-state index contributed by atoms with van der Waals surface area (Å²) in [5.41, 5.74) is 0. The summed E-state index contributed by atoms with van der Waals surface area (Å²) in [7, 11) is 0. The molecular weight excluding hydrogens is 316 g/mol. The zero-order valence-corrected chi connectivity index (χ0v) is 16.2. The fraction of sp³-hybridized carbons (Fsp3) is 0.895. The second-order valence-electron chi connectivity index (χ2n) is 7.86. The minimum Gasteiger partial charge on any atom is -0.353 e. The van der Waals surface area contributed by atoms with Gasteiger partial charge in [-0.15, -0.1) is 0 Å². The Labute approximate surface area is 152 Å². The Morgan fingerprint density at radius 2 is 1.56 bits per heavy atom. The Hall–Kier alpha value is -1.14. The highest BCUT2D eigenvalue weighted by Crippen LogP contribution is 2.23. The van der Waals surface area contributed by atoms with Gasteiger partial charge in [0, 0.05) is 38.3 Å². The van der Waals surface area contributed by atoms with E-state index in [1.54, 1.807) is 0 Å². The quantitative estimate of drug-likeness (QED) is 0.723. The minimum atomic E-state index is 0.104. The molecule has 1 saturated heterocycles. The maximum Gasteiger partial charge on any atom is 0.234 e. The van der Waals surface area contributed by atoms with Gasteiger partial charge in [0.15, 0.2) is 0 Å². The monoisotopic (exact) mass is 352 g/mol. The third kappa shape index (κ3) is 6.94. The van der Waals surface area contributed by atoms with Crippen LogP contribution in [0.2, 0.25) is 0 Å². The number of hydrogen-bond acceptors (Lipinski definition) is 4. The van der Waals surface area contributed by atoms with E-state index in [0.717, 1.165) is 39.0 Å². The van der Waals surface area contributed by atoms with E-state index in [-0.39, 0.29) is 17.9 Å². The van der Waals surface area contributed by atoms with Crippen LogP contribution in [0.3, 0.4) is 0 Å². The van der Waals surface area contributed by atoms with E-state index < -0.39 is 0 Å². The summed E-state index contributed by atoms with van der Waals surface area (Å²) in [6.07, 6.45) is 5.81. The molecule has 3 unspecified atom stereocenters. The van der Waals surface area contributed by atoms with Crippen molar-refractivity contribution in [1.82, 2.24) is 20.4 Å². The van der Waals surface area contributed by atoms with E-state index in [1.807, 2.05) is 6.92 Å². The van der Waals surface area contributed by atoms with Gasteiger partial charge in [0.2, 0.25) is 11.8 Å². The lowest BCUT2D eigenvalue weighted by molar-refractivity contribution is -0.126. The topological polar surface area (TPSA) is 64.7 Å². The second-order valence-corrected chi connectivity index (χ2v) is 7.86. The van der Waals surface area contributed by atoms with Crippen molar-refractivity contribution in [3.63, 3.8) is 0 Å². The Morgan fingerprint density at radius 3 is 2.12 bits per heavy atom. The average molecular weight is 353 g/mol. The van der Waals surface area contributed by atoms with Gasteiger partial charge >= 0.3 is 0 Å². The van der Waals surface area contributed by atoms with Crippen LogP contribution in [0.4, 0.5) is 0 Å². The van der Waals surface area contributed by atoms with Crippen LogP contribution in [-0.4, -0.2) is 73.0 Å². The van der Waals surface area contributed by atoms with E-state index >= 15 is 0 Å². The summed E-state index contributed by atoms with van der Waals surface area (Å²) >= 11 is 0. The molecule has 1 saturated carbocycles. The van der Waals surface area contributed by atoms with E-state index in [2.05, 4.69) is 34.3 Å². The predicted octanol–water partition coefficient (Wildman–Crippen LogP) is 1.21. The van der Waals surface area contributed by atoms with Gasteiger partial charge in [-0.05, 0) is 32.1 Å². The Balaban J connectivity index is 1.64. The SMILES string of the molecule is CCC(C)NC(=O)CN1CCN(CC(=O)NC2CCCCC2C)CC1. The van der Waals surface area contributed by atoms with Gasteiger partial charge in [0.1, 0.15) is 0 Å². The lowest BCUT2D eigenvalue weighted by Gasteiger charge is -2.35. The first-order valence-corrected chi connectivity index (χ1v) is 10.0. The third-order valence-electron chi connectivity index (χ3n) is 5.68. The normalized spacial score (nSPS) is 26.8. The molecule has 144 valence electrons. The summed E-state index contributed by atoms with van der Waals surface area (Å²) in [6.45, 7) is 10.7. The molecule has 6 nitrogen and oxygen atoms in total. The Bertz CT molecular complexity index is 435. The molecule has 1 aliphatic heterocycles. The number of amides is 2. The number of rotatable bonds is 7. The summed E-state index contributed by atoms with van der Waals surface area (Å²) in [4.78, 5) is 28.6. The average Bonchev–Trinajstić information content (AvgIpc) is 2.58. The maximum atomic E-state index is 12.3. The Kier molecular flexibility index (Phi) is 8.16. The molecule has 0 aromatic heterocycles. The molecule has 0 bridgehead atoms. The number of hydrogen-bond donors (Lipinski definition) is 2. The molecule has 1 aliphatic carbocycles. The smallest absolute Gasteiger partial charge is 0.234 e. The van der Waals surface area contributed by atoms with E-state index in [1.165, 1.54) is 19.3 Å². The van der Waals surface area contributed by atoms with Crippen LogP contribution in [0.1, 0.15) is 52.9 Å². The zero-order valence-electron chi connectivity index (χ0n) is 16.2. The minimum absolute atomic E-state index is 0.104. The van der Waals surface area contributed by atoms with Crippen molar-refractivity contribution in [3.05, 3.63) is 0 Å². The molecule has 0 aromatic rings. The van der Waals surface area contributed by atoms with Crippen LogP contribution in [-0.2, 0) is 9.59 Å². The molecule has 2 N–H and O–H groups in total. The van der Waals surface area contributed by atoms with Crippen molar-refractivity contribution in [3.8, 4) is 0 Å². The molecule has 2 rings (SSSR count). The zero-order chi connectivity index (χ0) is 18.2. The molecular formula is C19H36N4O2. The molecule has 0 spiro atoms. The largest absolute Gasteiger partial charge is 0.353 e. The van der Waals surface area contributed by atoms with E-state index in [0.29, 0.717) is 25.0 Å². The number of carbonyl (C=O) groups excluding carboxylic acids is 2. The lowest BCUT2D eigenvalue weighted by Crippen LogP contribution is -2.53. The summed E-state index contributed by atoms with van der Waals surface area (Å²) in [6, 6.07) is 0.589. The third-order valence-corrected chi connectivity index (χ3v) is 5.68. The summed E-state index contributed by atoms with van der Waals surface area (Å²) in [5.74, 6) is 0.854. The Morgan fingerprint density at radius 1 is 1.00 bits per heavy atom. The maximum absolute atomic E-state index is 12.3. The van der Waals surface area contributed by atoms with E-state index in [4.69, 9.17) is 0 Å². The highest BCUT2D eigenvalue weighted by atomic mass is 16.2. The van der Waals surface area contributed by atoms with E-state index in [9.17, 15) is 9.59 Å². The number of nitrogens with one attached hydrogen (secondary N) is 2. The number of carbonyl (C=O) groups is 2. The van der Waals surface area contributed by atoms with Crippen LogP contribution in [0.5, 0.6) is 0 Å². The highest BCUT2D eigenvalue weighted by Gasteiger charge is 2.25. The van der Waals surface area contributed by atoms with Gasteiger partial charge in [-0.1, -0.05) is 26.7 Å². The van der Waals surface area contributed by atoms with Gasteiger partial charge in [-0.3, -0.25) is 19.4 Å². The first-order valence-electron chi connectivity index (χ1n) is 10.0. The van der Waals surface area contributed by atoms with Gasteiger partial charge < -0.3 is 10.6 Å². The van der Waals surface area contributed by atoms with Crippen LogP contribution >= 0.6 is 0 Å². The summed E-state index contributed by atoms with van der Waals surface area (Å²) < 4.78 is 0. The van der Waals surface area contributed by atoms with Crippen molar-refractivity contribution in [2.75, 3.05) is 39.3 Å². The summed E-state index contributed by atoms with van der Waals surface area (Å²) in [5, 5.41) is 6.24. The standard InChI is InChI=1S/C19H36N4O2/c1-4-16(3)20-18(24)13-22-9-11-23(12-10-22)14-19(25)21-17-8-6-5-7-15(17)2/h15-17H,4-14H2,1-3H3,(H,20,24)(H,21,25). The van der Waals surface area contributed by atoms with Crippen LogP contribution in [0.25, 0.3) is 0 Å². The predicted molar refractivity (Wildman–Crippen MR) is 100 cm³/mol. The van der Waals surface area contributed by atoms with Gasteiger partial charge in [0.05, 0.1) is 13.1 Å². The molecule has 2 amide bonds. The first kappa shape index (κ1) is 20.2. The fourth-order valence-corrected chi connectivity index (χ4v) is 3.72. The van der Waals surface area contributed by atoms with Crippen molar-refractivity contribution in [1.29, 1.82) is 0 Å². The number of nitrogens with zero attached hydrogens (tertiary/aromatic N) is 2. The molecule has 2 aliphatic rings. The van der Waals surface area contributed by atoms with Crippen molar-refractivity contribution in [2.45, 2.75) is 65.0 Å². The lowest BCUT2D eigenvalue weighted by atomic mass is 9.86. The molecule has 0 radical (unpaired) electrons. The molecule has 6 heteroatoms. The molecule has 0 aromatic carbocycles. The van der Waals surface area contributed by atoms with Crippen LogP contribution < -0.4 is 10.6 Å². The second kappa shape index (κ2) is 10.1. The fourth-order valence-electron chi connectivity index (χ4n) is 3.72. The van der Waals surface area contributed by atoms with Crippen molar-refractivity contribution >= 4 is 11.8 Å². The molecule has 2 fully saturated rings. The van der Waals surface area contributed by atoms with Gasteiger partial charge in [-0.25, -0.2) is 0 Å².